The van der Waals surface area contributed by atoms with Gasteiger partial charge in [-0.05, 0) is 24.3 Å². The number of hydrogen-bond acceptors (Lipinski definition) is 5. The van der Waals surface area contributed by atoms with Crippen LogP contribution in [0.5, 0.6) is 5.75 Å². The number of hydrogen-bond donors (Lipinski definition) is 1. The third-order valence-electron chi connectivity index (χ3n) is 3.09. The number of para-hydroxylation sites is 1. The number of methoxy groups -OCH3 is 1. The standard InChI is InChI=1S/C15H13N3O3S/c1-21-13-8-4-10-17-15(13)22(19,20)18-12-7-2-5-11-6-3-9-16-14(11)12/h2-10,18H,1H3. The second kappa shape index (κ2) is 5.61. The second-order valence-electron chi connectivity index (χ2n) is 4.50. The lowest BCUT2D eigenvalue weighted by atomic mass is 10.2. The molecule has 0 saturated carbocycles. The SMILES string of the molecule is COc1cccnc1S(=O)(=O)Nc1cccc2cccnc12. The first-order chi connectivity index (χ1) is 10.6. The molecule has 0 aliphatic rings. The summed E-state index contributed by atoms with van der Waals surface area (Å²) in [6.45, 7) is 0. The summed E-state index contributed by atoms with van der Waals surface area (Å²) in [6.07, 6.45) is 3.01. The number of pyridine rings is 2. The highest BCUT2D eigenvalue weighted by Crippen LogP contribution is 2.26. The maximum atomic E-state index is 12.5. The lowest BCUT2D eigenvalue weighted by Gasteiger charge is -2.11. The van der Waals surface area contributed by atoms with Crippen molar-refractivity contribution in [2.24, 2.45) is 0 Å². The molecule has 1 aromatic carbocycles. The fourth-order valence-corrected chi connectivity index (χ4v) is 3.28. The Kier molecular flexibility index (Phi) is 3.64. The molecule has 2 heterocycles. The minimum Gasteiger partial charge on any atom is -0.494 e. The molecule has 0 amide bonds. The molecular formula is C15H13N3O3S. The minimum absolute atomic E-state index is 0.162. The van der Waals surface area contributed by atoms with Crippen LogP contribution in [0.4, 0.5) is 5.69 Å². The van der Waals surface area contributed by atoms with Gasteiger partial charge in [0.05, 0.1) is 18.3 Å². The molecule has 0 bridgehead atoms. The van der Waals surface area contributed by atoms with Crippen LogP contribution in [0.1, 0.15) is 0 Å². The zero-order valence-electron chi connectivity index (χ0n) is 11.7. The van der Waals surface area contributed by atoms with Crippen molar-refractivity contribution < 1.29 is 13.2 Å². The van der Waals surface area contributed by atoms with Gasteiger partial charge >= 0.3 is 0 Å². The van der Waals surface area contributed by atoms with Crippen molar-refractivity contribution in [2.45, 2.75) is 5.03 Å². The Balaban J connectivity index is 2.07. The summed E-state index contributed by atoms with van der Waals surface area (Å²) in [4.78, 5) is 8.12. The Labute approximate surface area is 127 Å². The molecule has 112 valence electrons. The average Bonchev–Trinajstić information content (AvgIpc) is 2.55. The van der Waals surface area contributed by atoms with Gasteiger partial charge in [0, 0.05) is 17.8 Å². The van der Waals surface area contributed by atoms with E-state index < -0.39 is 10.0 Å². The van der Waals surface area contributed by atoms with Crippen molar-refractivity contribution in [3.8, 4) is 5.75 Å². The van der Waals surface area contributed by atoms with Gasteiger partial charge in [-0.3, -0.25) is 9.71 Å². The van der Waals surface area contributed by atoms with E-state index in [0.717, 1.165) is 5.39 Å². The summed E-state index contributed by atoms with van der Waals surface area (Å²) in [7, 11) is -2.48. The summed E-state index contributed by atoms with van der Waals surface area (Å²) in [6, 6.07) is 12.1. The molecule has 2 aromatic heterocycles. The zero-order chi connectivity index (χ0) is 15.6. The molecule has 0 atom stereocenters. The number of anilines is 1. The van der Waals surface area contributed by atoms with E-state index in [-0.39, 0.29) is 10.8 Å². The summed E-state index contributed by atoms with van der Waals surface area (Å²) in [5.74, 6) is 0.184. The Morgan fingerprint density at radius 3 is 2.55 bits per heavy atom. The highest BCUT2D eigenvalue weighted by Gasteiger charge is 2.22. The van der Waals surface area contributed by atoms with Crippen molar-refractivity contribution >= 4 is 26.6 Å². The number of nitrogens with one attached hydrogen (secondary N) is 1. The first-order valence-electron chi connectivity index (χ1n) is 6.47. The van der Waals surface area contributed by atoms with Crippen LogP contribution in [-0.2, 0) is 10.0 Å². The van der Waals surface area contributed by atoms with Gasteiger partial charge in [0.15, 0.2) is 5.75 Å². The summed E-state index contributed by atoms with van der Waals surface area (Å²) < 4.78 is 32.7. The topological polar surface area (TPSA) is 81.2 Å². The molecule has 7 heteroatoms. The smallest absolute Gasteiger partial charge is 0.283 e. The predicted octanol–water partition coefficient (Wildman–Crippen LogP) is 2.44. The molecular weight excluding hydrogens is 302 g/mol. The van der Waals surface area contributed by atoms with Gasteiger partial charge in [-0.15, -0.1) is 0 Å². The van der Waals surface area contributed by atoms with Gasteiger partial charge in [-0.2, -0.15) is 8.42 Å². The first-order valence-corrected chi connectivity index (χ1v) is 7.96. The van der Waals surface area contributed by atoms with Gasteiger partial charge in [-0.25, -0.2) is 4.98 Å². The average molecular weight is 315 g/mol. The quantitative estimate of drug-likeness (QED) is 0.799. The van der Waals surface area contributed by atoms with Crippen LogP contribution in [0.25, 0.3) is 10.9 Å². The number of nitrogens with zero attached hydrogens (tertiary/aromatic N) is 2. The van der Waals surface area contributed by atoms with E-state index in [1.165, 1.54) is 13.3 Å². The Morgan fingerprint density at radius 2 is 1.73 bits per heavy atom. The predicted molar refractivity (Wildman–Crippen MR) is 83.3 cm³/mol. The van der Waals surface area contributed by atoms with E-state index in [4.69, 9.17) is 4.74 Å². The molecule has 0 spiro atoms. The Bertz CT molecular complexity index is 921. The largest absolute Gasteiger partial charge is 0.494 e. The Hall–Kier alpha value is -2.67. The fraction of sp³-hybridized carbons (Fsp3) is 0.0667. The molecule has 22 heavy (non-hydrogen) atoms. The maximum Gasteiger partial charge on any atom is 0.283 e. The zero-order valence-corrected chi connectivity index (χ0v) is 12.5. The molecule has 0 aliphatic heterocycles. The molecule has 0 radical (unpaired) electrons. The number of benzene rings is 1. The van der Waals surface area contributed by atoms with Crippen molar-refractivity contribution in [3.05, 3.63) is 54.9 Å². The summed E-state index contributed by atoms with van der Waals surface area (Å²) >= 11 is 0. The molecule has 0 unspecified atom stereocenters. The number of fused-ring (bicyclic) bond motifs is 1. The third kappa shape index (κ3) is 2.58. The van der Waals surface area contributed by atoms with E-state index in [1.807, 2.05) is 12.1 Å². The molecule has 1 N–H and O–H groups in total. The van der Waals surface area contributed by atoms with Crippen LogP contribution in [0, 0.1) is 0 Å². The monoisotopic (exact) mass is 315 g/mol. The molecule has 0 fully saturated rings. The number of aromatic nitrogens is 2. The lowest BCUT2D eigenvalue weighted by molar-refractivity contribution is 0.398. The third-order valence-corrected chi connectivity index (χ3v) is 4.39. The van der Waals surface area contributed by atoms with Gasteiger partial charge in [0.2, 0.25) is 5.03 Å². The summed E-state index contributed by atoms with van der Waals surface area (Å²) in [5.41, 5.74) is 0.967. The van der Waals surface area contributed by atoms with Crippen molar-refractivity contribution in [2.75, 3.05) is 11.8 Å². The van der Waals surface area contributed by atoms with E-state index >= 15 is 0 Å². The normalized spacial score (nSPS) is 11.3. The van der Waals surface area contributed by atoms with E-state index in [2.05, 4.69) is 14.7 Å². The fourth-order valence-electron chi connectivity index (χ4n) is 2.11. The van der Waals surface area contributed by atoms with Crippen molar-refractivity contribution in [3.63, 3.8) is 0 Å². The molecule has 0 aliphatic carbocycles. The van der Waals surface area contributed by atoms with Crippen LogP contribution in [-0.4, -0.2) is 25.5 Å². The van der Waals surface area contributed by atoms with Gasteiger partial charge in [0.1, 0.15) is 0 Å². The second-order valence-corrected chi connectivity index (χ2v) is 6.09. The first kappa shape index (κ1) is 14.3. The van der Waals surface area contributed by atoms with Crippen LogP contribution >= 0.6 is 0 Å². The van der Waals surface area contributed by atoms with Crippen LogP contribution in [0.15, 0.2) is 59.9 Å². The molecule has 3 aromatic rings. The highest BCUT2D eigenvalue weighted by molar-refractivity contribution is 7.92. The number of rotatable bonds is 4. The lowest BCUT2D eigenvalue weighted by Crippen LogP contribution is -2.16. The van der Waals surface area contributed by atoms with Gasteiger partial charge < -0.3 is 4.74 Å². The van der Waals surface area contributed by atoms with Crippen LogP contribution < -0.4 is 9.46 Å². The van der Waals surface area contributed by atoms with Gasteiger partial charge in [-0.1, -0.05) is 18.2 Å². The number of ether oxygens (including phenoxy) is 1. The van der Waals surface area contributed by atoms with E-state index in [0.29, 0.717) is 11.2 Å². The molecule has 0 saturated heterocycles. The van der Waals surface area contributed by atoms with Crippen molar-refractivity contribution in [1.29, 1.82) is 0 Å². The Morgan fingerprint density at radius 1 is 1.00 bits per heavy atom. The van der Waals surface area contributed by atoms with Crippen LogP contribution in [0.2, 0.25) is 0 Å². The van der Waals surface area contributed by atoms with Crippen LogP contribution in [0.3, 0.4) is 0 Å². The molecule has 6 nitrogen and oxygen atoms in total. The van der Waals surface area contributed by atoms with E-state index in [9.17, 15) is 8.42 Å². The van der Waals surface area contributed by atoms with E-state index in [1.54, 1.807) is 36.5 Å². The highest BCUT2D eigenvalue weighted by atomic mass is 32.2. The van der Waals surface area contributed by atoms with Gasteiger partial charge in [0.25, 0.3) is 10.0 Å². The number of sulfonamides is 1. The van der Waals surface area contributed by atoms with Crippen molar-refractivity contribution in [1.82, 2.24) is 9.97 Å². The maximum absolute atomic E-state index is 12.5. The molecule has 3 rings (SSSR count). The summed E-state index contributed by atoms with van der Waals surface area (Å²) in [5, 5.41) is 0.682. The minimum atomic E-state index is -3.87.